The van der Waals surface area contributed by atoms with Crippen molar-refractivity contribution in [3.63, 3.8) is 0 Å². The Morgan fingerprint density at radius 2 is 1.65 bits per heavy atom. The van der Waals surface area contributed by atoms with E-state index in [9.17, 15) is 4.79 Å². The molecule has 3 heterocycles. The highest BCUT2D eigenvalue weighted by Gasteiger charge is 2.23. The maximum absolute atomic E-state index is 13.1. The van der Waals surface area contributed by atoms with Gasteiger partial charge >= 0.3 is 0 Å². The van der Waals surface area contributed by atoms with Gasteiger partial charge in [-0.05, 0) is 60.2 Å². The number of hydrogen-bond donors (Lipinski definition) is 0. The first kappa shape index (κ1) is 20.7. The minimum Gasteiger partial charge on any atom is -0.481 e. The van der Waals surface area contributed by atoms with Crippen LogP contribution in [0.15, 0.2) is 78.9 Å². The Hall–Kier alpha value is -3.86. The third kappa shape index (κ3) is 3.87. The molecule has 5 heteroatoms. The Labute approximate surface area is 199 Å². The van der Waals surface area contributed by atoms with Gasteiger partial charge in [0.25, 0.3) is 5.91 Å². The summed E-state index contributed by atoms with van der Waals surface area (Å²) in [6, 6.07) is 26.8. The molecule has 3 aromatic carbocycles. The molecule has 0 fully saturated rings. The molecule has 6 rings (SSSR count). The number of amides is 1. The third-order valence-corrected chi connectivity index (χ3v) is 6.89. The van der Waals surface area contributed by atoms with Crippen LogP contribution in [0.3, 0.4) is 0 Å². The van der Waals surface area contributed by atoms with E-state index < -0.39 is 0 Å². The first-order chi connectivity index (χ1) is 16.8. The largest absolute Gasteiger partial charge is 0.481 e. The highest BCUT2D eigenvalue weighted by molar-refractivity contribution is 5.96. The van der Waals surface area contributed by atoms with Crippen molar-refractivity contribution in [1.29, 1.82) is 0 Å². The molecule has 2 aliphatic heterocycles. The Morgan fingerprint density at radius 1 is 0.824 bits per heavy atom. The summed E-state index contributed by atoms with van der Waals surface area (Å²) in [5.41, 5.74) is 5.80. The van der Waals surface area contributed by atoms with Gasteiger partial charge in [-0.2, -0.15) is 0 Å². The second kappa shape index (κ2) is 8.82. The molecule has 1 amide bonds. The molecular formula is C29H27N3O2. The van der Waals surface area contributed by atoms with E-state index in [2.05, 4.69) is 47.4 Å². The lowest BCUT2D eigenvalue weighted by Gasteiger charge is -2.30. The summed E-state index contributed by atoms with van der Waals surface area (Å²) in [7, 11) is 0. The molecular weight excluding hydrogens is 422 g/mol. The van der Waals surface area contributed by atoms with Crippen LogP contribution in [0.2, 0.25) is 0 Å². The fraction of sp³-hybridized carbons (Fsp3) is 0.241. The zero-order valence-corrected chi connectivity index (χ0v) is 19.1. The van der Waals surface area contributed by atoms with Gasteiger partial charge in [-0.25, -0.2) is 4.98 Å². The second-order valence-corrected chi connectivity index (χ2v) is 9.00. The minimum absolute atomic E-state index is 0.00353. The smallest absolute Gasteiger partial charge is 0.264 e. The number of rotatable bonds is 4. The molecule has 0 bridgehead atoms. The molecule has 4 aromatic rings. The fourth-order valence-corrected chi connectivity index (χ4v) is 5.10. The van der Waals surface area contributed by atoms with E-state index in [-0.39, 0.29) is 12.5 Å². The topological polar surface area (TPSA) is 45.7 Å². The zero-order chi connectivity index (χ0) is 22.9. The lowest BCUT2D eigenvalue weighted by Crippen LogP contribution is -2.38. The average molecular weight is 450 g/mol. The molecule has 0 aliphatic carbocycles. The first-order valence-corrected chi connectivity index (χ1v) is 12.0. The summed E-state index contributed by atoms with van der Waals surface area (Å²) in [5, 5.41) is 1.01. The molecule has 170 valence electrons. The predicted octanol–water partition coefficient (Wildman–Crippen LogP) is 5.16. The molecule has 0 saturated heterocycles. The second-order valence-electron chi connectivity index (χ2n) is 9.00. The van der Waals surface area contributed by atoms with Crippen molar-refractivity contribution in [2.45, 2.75) is 25.8 Å². The van der Waals surface area contributed by atoms with Crippen LogP contribution in [-0.4, -0.2) is 30.6 Å². The summed E-state index contributed by atoms with van der Waals surface area (Å²) in [6.45, 7) is 2.51. The van der Waals surface area contributed by atoms with E-state index in [1.165, 1.54) is 16.7 Å². The van der Waals surface area contributed by atoms with Crippen LogP contribution >= 0.6 is 0 Å². The third-order valence-electron chi connectivity index (χ3n) is 6.89. The van der Waals surface area contributed by atoms with Crippen LogP contribution in [0.25, 0.3) is 10.9 Å². The van der Waals surface area contributed by atoms with Crippen LogP contribution in [0.4, 0.5) is 11.5 Å². The molecule has 0 unspecified atom stereocenters. The van der Waals surface area contributed by atoms with E-state index in [0.717, 1.165) is 61.3 Å². The molecule has 34 heavy (non-hydrogen) atoms. The van der Waals surface area contributed by atoms with E-state index in [1.54, 1.807) is 0 Å². The van der Waals surface area contributed by atoms with Gasteiger partial charge in [0.2, 0.25) is 0 Å². The molecule has 0 spiro atoms. The number of benzene rings is 3. The molecule has 0 radical (unpaired) electrons. The number of aryl methyl sites for hydroxylation is 1. The van der Waals surface area contributed by atoms with Crippen molar-refractivity contribution in [2.75, 3.05) is 29.5 Å². The highest BCUT2D eigenvalue weighted by Crippen LogP contribution is 2.30. The monoisotopic (exact) mass is 449 g/mol. The van der Waals surface area contributed by atoms with Crippen molar-refractivity contribution in [3.05, 3.63) is 95.6 Å². The standard InChI is InChI=1S/C29H27N3O2/c33-28(32-17-6-11-22-8-3-4-12-25(22)32)20-34-26-13-5-10-23-14-15-27(30-29(23)26)31-18-16-21-7-1-2-9-24(21)19-31/h1-5,7-10,12-15H,6,11,16-20H2. The Kier molecular flexibility index (Phi) is 5.38. The van der Waals surface area contributed by atoms with Gasteiger partial charge in [0.05, 0.1) is 0 Å². The van der Waals surface area contributed by atoms with Crippen LogP contribution in [0.5, 0.6) is 5.75 Å². The molecule has 0 N–H and O–H groups in total. The van der Waals surface area contributed by atoms with E-state index >= 15 is 0 Å². The zero-order valence-electron chi connectivity index (χ0n) is 19.1. The molecule has 1 aromatic heterocycles. The van der Waals surface area contributed by atoms with Crippen LogP contribution in [0, 0.1) is 0 Å². The number of ether oxygens (including phenoxy) is 1. The van der Waals surface area contributed by atoms with E-state index in [1.807, 2.05) is 41.3 Å². The van der Waals surface area contributed by atoms with Crippen LogP contribution < -0.4 is 14.5 Å². The van der Waals surface area contributed by atoms with Gasteiger partial charge in [-0.3, -0.25) is 4.79 Å². The van der Waals surface area contributed by atoms with Crippen molar-refractivity contribution in [1.82, 2.24) is 4.98 Å². The average Bonchev–Trinajstić information content (AvgIpc) is 2.90. The van der Waals surface area contributed by atoms with Crippen molar-refractivity contribution < 1.29 is 9.53 Å². The number of nitrogens with zero attached hydrogens (tertiary/aromatic N) is 3. The molecule has 2 aliphatic rings. The number of hydrogen-bond acceptors (Lipinski definition) is 4. The first-order valence-electron chi connectivity index (χ1n) is 12.0. The minimum atomic E-state index is -0.0204. The Bertz CT molecular complexity index is 1370. The van der Waals surface area contributed by atoms with Gasteiger partial charge in [0, 0.05) is 30.7 Å². The van der Waals surface area contributed by atoms with Gasteiger partial charge in [-0.15, -0.1) is 0 Å². The molecule has 5 nitrogen and oxygen atoms in total. The number of anilines is 2. The summed E-state index contributed by atoms with van der Waals surface area (Å²) in [5.74, 6) is 1.57. The van der Waals surface area contributed by atoms with Gasteiger partial charge < -0.3 is 14.5 Å². The summed E-state index contributed by atoms with van der Waals surface area (Å²) in [4.78, 5) is 22.2. The maximum Gasteiger partial charge on any atom is 0.264 e. The number of fused-ring (bicyclic) bond motifs is 3. The highest BCUT2D eigenvalue weighted by atomic mass is 16.5. The summed E-state index contributed by atoms with van der Waals surface area (Å²) >= 11 is 0. The van der Waals surface area contributed by atoms with Crippen LogP contribution in [0.1, 0.15) is 23.1 Å². The number of carbonyl (C=O) groups excluding carboxylic acids is 1. The SMILES string of the molecule is O=C(COc1cccc2ccc(N3CCc4ccccc4C3)nc12)N1CCCc2ccccc21. The van der Waals surface area contributed by atoms with Gasteiger partial charge in [0.1, 0.15) is 17.1 Å². The lowest BCUT2D eigenvalue weighted by molar-refractivity contribution is -0.120. The number of pyridine rings is 1. The number of carbonyl (C=O) groups is 1. The van der Waals surface area contributed by atoms with E-state index in [4.69, 9.17) is 9.72 Å². The summed E-state index contributed by atoms with van der Waals surface area (Å²) in [6.07, 6.45) is 3.00. The Morgan fingerprint density at radius 3 is 2.56 bits per heavy atom. The van der Waals surface area contributed by atoms with Crippen molar-refractivity contribution in [2.24, 2.45) is 0 Å². The van der Waals surface area contributed by atoms with E-state index in [0.29, 0.717) is 5.75 Å². The normalized spacial score (nSPS) is 15.1. The molecule has 0 atom stereocenters. The van der Waals surface area contributed by atoms with Crippen molar-refractivity contribution >= 4 is 28.3 Å². The number of para-hydroxylation sites is 2. The van der Waals surface area contributed by atoms with Gasteiger partial charge in [0.15, 0.2) is 6.61 Å². The number of aromatic nitrogens is 1. The summed E-state index contributed by atoms with van der Waals surface area (Å²) < 4.78 is 6.08. The molecule has 0 saturated carbocycles. The fourth-order valence-electron chi connectivity index (χ4n) is 5.10. The Balaban J connectivity index is 1.23. The quantitative estimate of drug-likeness (QED) is 0.432. The maximum atomic E-state index is 13.1. The lowest BCUT2D eigenvalue weighted by atomic mass is 10.00. The van der Waals surface area contributed by atoms with Crippen molar-refractivity contribution in [3.8, 4) is 5.75 Å². The predicted molar refractivity (Wildman–Crippen MR) is 136 cm³/mol. The van der Waals surface area contributed by atoms with Crippen LogP contribution in [-0.2, 0) is 24.2 Å². The van der Waals surface area contributed by atoms with Gasteiger partial charge in [-0.1, -0.05) is 54.6 Å².